The summed E-state index contributed by atoms with van der Waals surface area (Å²) < 4.78 is 66.3. The molecule has 0 aliphatic carbocycles. The van der Waals surface area contributed by atoms with Crippen LogP contribution in [0.4, 0.5) is 18.3 Å². The van der Waals surface area contributed by atoms with Crippen LogP contribution in [-0.4, -0.2) is 36.2 Å². The predicted molar refractivity (Wildman–Crippen MR) is 110 cm³/mol. The fourth-order valence-corrected chi connectivity index (χ4v) is 4.80. The van der Waals surface area contributed by atoms with Crippen molar-refractivity contribution >= 4 is 38.3 Å². The standard InChI is InChI=1S/C18H16F3N5O4S2/c1-9(26-32(29,30)14-5-3-2-4-11(14)18(19,20)21)16(28)25-17-24-13(8-31-17)10-6-12(15(22)27)23-7-10/h2-9,23,26H,1H3,(H2,22,27)(H,24,25,28)/t9-/m0/s1. The number of primary amides is 1. The number of nitrogens with two attached hydrogens (primary N) is 1. The summed E-state index contributed by atoms with van der Waals surface area (Å²) in [5, 5.41) is 4.10. The van der Waals surface area contributed by atoms with Gasteiger partial charge in [0.15, 0.2) is 5.13 Å². The van der Waals surface area contributed by atoms with Crippen LogP contribution in [0.2, 0.25) is 0 Å². The van der Waals surface area contributed by atoms with Gasteiger partial charge in [-0.25, -0.2) is 13.4 Å². The van der Waals surface area contributed by atoms with Crippen molar-refractivity contribution in [2.24, 2.45) is 5.73 Å². The molecule has 2 amide bonds. The number of carbonyl (C=O) groups is 2. The molecule has 3 rings (SSSR count). The number of carbonyl (C=O) groups excluding carboxylic acids is 2. The van der Waals surface area contributed by atoms with Gasteiger partial charge in [-0.1, -0.05) is 12.1 Å². The lowest BCUT2D eigenvalue weighted by Crippen LogP contribution is -2.42. The maximum atomic E-state index is 13.1. The van der Waals surface area contributed by atoms with Crippen molar-refractivity contribution in [3.05, 3.63) is 53.2 Å². The molecule has 14 heteroatoms. The topological polar surface area (TPSA) is 147 Å². The van der Waals surface area contributed by atoms with Gasteiger partial charge in [-0.05, 0) is 25.1 Å². The summed E-state index contributed by atoms with van der Waals surface area (Å²) >= 11 is 1.03. The van der Waals surface area contributed by atoms with Crippen molar-refractivity contribution in [3.63, 3.8) is 0 Å². The number of H-pyrrole nitrogens is 1. The third-order valence-electron chi connectivity index (χ3n) is 4.19. The van der Waals surface area contributed by atoms with E-state index in [-0.39, 0.29) is 10.8 Å². The van der Waals surface area contributed by atoms with E-state index in [9.17, 15) is 31.2 Å². The molecule has 0 saturated carbocycles. The number of halogens is 3. The monoisotopic (exact) mass is 487 g/mol. The minimum atomic E-state index is -4.89. The van der Waals surface area contributed by atoms with Crippen molar-refractivity contribution in [1.82, 2.24) is 14.7 Å². The quantitative estimate of drug-likeness (QED) is 0.404. The van der Waals surface area contributed by atoms with E-state index in [4.69, 9.17) is 5.73 Å². The maximum absolute atomic E-state index is 13.1. The molecular formula is C18H16F3N5O4S2. The van der Waals surface area contributed by atoms with Gasteiger partial charge in [-0.2, -0.15) is 17.9 Å². The molecule has 0 aliphatic heterocycles. The van der Waals surface area contributed by atoms with Crippen LogP contribution >= 0.6 is 11.3 Å². The minimum absolute atomic E-state index is 0.119. The lowest BCUT2D eigenvalue weighted by Gasteiger charge is -2.16. The fraction of sp³-hybridized carbons (Fsp3) is 0.167. The highest BCUT2D eigenvalue weighted by molar-refractivity contribution is 7.89. The van der Waals surface area contributed by atoms with Crippen molar-refractivity contribution in [2.45, 2.75) is 24.0 Å². The first kappa shape index (κ1) is 23.4. The molecule has 0 bridgehead atoms. The number of aromatic amines is 1. The first-order valence-electron chi connectivity index (χ1n) is 8.82. The molecule has 5 N–H and O–H groups in total. The molecule has 0 fully saturated rings. The Morgan fingerprint density at radius 3 is 2.56 bits per heavy atom. The second-order valence-electron chi connectivity index (χ2n) is 6.53. The van der Waals surface area contributed by atoms with Gasteiger partial charge in [-0.15, -0.1) is 11.3 Å². The highest BCUT2D eigenvalue weighted by Gasteiger charge is 2.37. The number of alkyl halides is 3. The average Bonchev–Trinajstić information content (AvgIpc) is 3.36. The summed E-state index contributed by atoms with van der Waals surface area (Å²) in [5.74, 6) is -1.49. The fourth-order valence-electron chi connectivity index (χ4n) is 2.65. The largest absolute Gasteiger partial charge is 0.417 e. The molecule has 3 aromatic rings. The Hall–Kier alpha value is -3.23. The normalized spacial score (nSPS) is 13.0. The number of thiazole rings is 1. The Labute approximate surface area is 183 Å². The van der Waals surface area contributed by atoms with Crippen LogP contribution < -0.4 is 15.8 Å². The molecule has 1 aromatic carbocycles. The molecular weight excluding hydrogens is 471 g/mol. The number of anilines is 1. The van der Waals surface area contributed by atoms with E-state index in [0.717, 1.165) is 29.5 Å². The molecule has 0 unspecified atom stereocenters. The van der Waals surface area contributed by atoms with Gasteiger partial charge in [0.25, 0.3) is 5.91 Å². The first-order valence-corrected chi connectivity index (χ1v) is 11.2. The predicted octanol–water partition coefficient (Wildman–Crippen LogP) is 2.56. The SMILES string of the molecule is C[C@H](NS(=O)(=O)c1ccccc1C(F)(F)F)C(=O)Nc1nc(-c2c[nH]c(C(N)=O)c2)cs1. The van der Waals surface area contributed by atoms with Gasteiger partial charge in [0.1, 0.15) is 5.69 Å². The van der Waals surface area contributed by atoms with E-state index in [1.54, 1.807) is 5.38 Å². The van der Waals surface area contributed by atoms with E-state index < -0.39 is 44.5 Å². The van der Waals surface area contributed by atoms with Crippen LogP contribution in [0.25, 0.3) is 11.3 Å². The van der Waals surface area contributed by atoms with Crippen molar-refractivity contribution < 1.29 is 31.2 Å². The van der Waals surface area contributed by atoms with Crippen LogP contribution in [0.1, 0.15) is 23.0 Å². The molecule has 0 saturated heterocycles. The van der Waals surface area contributed by atoms with E-state index in [1.165, 1.54) is 19.2 Å². The minimum Gasteiger partial charge on any atom is -0.364 e. The number of hydrogen-bond acceptors (Lipinski definition) is 6. The summed E-state index contributed by atoms with van der Waals surface area (Å²) in [5.41, 5.74) is 4.95. The van der Waals surface area contributed by atoms with Crippen LogP contribution in [-0.2, 0) is 21.0 Å². The third-order valence-corrected chi connectivity index (χ3v) is 6.54. The molecule has 9 nitrogen and oxygen atoms in total. The molecule has 32 heavy (non-hydrogen) atoms. The maximum Gasteiger partial charge on any atom is 0.417 e. The first-order chi connectivity index (χ1) is 14.9. The zero-order chi connectivity index (χ0) is 23.7. The molecule has 0 aliphatic rings. The van der Waals surface area contributed by atoms with Crippen LogP contribution in [0.15, 0.2) is 46.8 Å². The number of sulfonamides is 1. The number of benzene rings is 1. The van der Waals surface area contributed by atoms with Gasteiger partial charge in [0.05, 0.1) is 22.2 Å². The van der Waals surface area contributed by atoms with Crippen molar-refractivity contribution in [2.75, 3.05) is 5.32 Å². The summed E-state index contributed by atoms with van der Waals surface area (Å²) in [6, 6.07) is 3.73. The summed E-state index contributed by atoms with van der Waals surface area (Å²) in [4.78, 5) is 29.4. The molecule has 2 heterocycles. The zero-order valence-corrected chi connectivity index (χ0v) is 17.9. The van der Waals surface area contributed by atoms with E-state index in [1.807, 2.05) is 4.72 Å². The van der Waals surface area contributed by atoms with Crippen molar-refractivity contribution in [1.29, 1.82) is 0 Å². The van der Waals surface area contributed by atoms with Gasteiger partial charge in [0, 0.05) is 17.1 Å². The summed E-state index contributed by atoms with van der Waals surface area (Å²) in [6.07, 6.45) is -3.39. The average molecular weight is 487 g/mol. The molecule has 0 radical (unpaired) electrons. The van der Waals surface area contributed by atoms with Gasteiger partial charge in [-0.3, -0.25) is 9.59 Å². The number of nitrogens with zero attached hydrogens (tertiary/aromatic N) is 1. The Morgan fingerprint density at radius 1 is 1.25 bits per heavy atom. The van der Waals surface area contributed by atoms with E-state index in [0.29, 0.717) is 17.3 Å². The zero-order valence-electron chi connectivity index (χ0n) is 16.2. The molecule has 170 valence electrons. The Morgan fingerprint density at radius 2 is 1.94 bits per heavy atom. The van der Waals surface area contributed by atoms with Crippen molar-refractivity contribution in [3.8, 4) is 11.3 Å². The lowest BCUT2D eigenvalue weighted by molar-refractivity contribution is -0.139. The van der Waals surface area contributed by atoms with Crippen LogP contribution in [0.5, 0.6) is 0 Å². The van der Waals surface area contributed by atoms with E-state index in [2.05, 4.69) is 15.3 Å². The van der Waals surface area contributed by atoms with Crippen LogP contribution in [0.3, 0.4) is 0 Å². The number of nitrogens with one attached hydrogen (secondary N) is 3. The molecule has 0 spiro atoms. The number of amides is 2. The Bertz CT molecular complexity index is 1270. The summed E-state index contributed by atoms with van der Waals surface area (Å²) in [6.45, 7) is 1.18. The van der Waals surface area contributed by atoms with Gasteiger partial charge in [0.2, 0.25) is 15.9 Å². The highest BCUT2D eigenvalue weighted by atomic mass is 32.2. The van der Waals surface area contributed by atoms with Crippen LogP contribution in [0, 0.1) is 0 Å². The highest BCUT2D eigenvalue weighted by Crippen LogP contribution is 2.34. The Kier molecular flexibility index (Phi) is 6.39. The number of rotatable bonds is 7. The second kappa shape index (κ2) is 8.72. The molecule has 1 atom stereocenters. The lowest BCUT2D eigenvalue weighted by atomic mass is 10.2. The summed E-state index contributed by atoms with van der Waals surface area (Å²) in [7, 11) is -4.65. The van der Waals surface area contributed by atoms with Gasteiger partial charge >= 0.3 is 6.18 Å². The van der Waals surface area contributed by atoms with E-state index >= 15 is 0 Å². The Balaban J connectivity index is 1.72. The van der Waals surface area contributed by atoms with Gasteiger partial charge < -0.3 is 16.0 Å². The number of hydrogen-bond donors (Lipinski definition) is 4. The molecule has 2 aromatic heterocycles. The number of aromatic nitrogens is 2. The third kappa shape index (κ3) is 5.15. The second-order valence-corrected chi connectivity index (χ2v) is 9.07. The smallest absolute Gasteiger partial charge is 0.364 e.